The molecule has 0 radical (unpaired) electrons. The van der Waals surface area contributed by atoms with Crippen molar-refractivity contribution in [1.29, 1.82) is 0 Å². The van der Waals surface area contributed by atoms with Gasteiger partial charge in [0.25, 0.3) is 0 Å². The highest BCUT2D eigenvalue weighted by Gasteiger charge is 2.27. The van der Waals surface area contributed by atoms with Crippen LogP contribution in [0, 0.1) is 11.7 Å². The molecule has 0 bridgehead atoms. The predicted molar refractivity (Wildman–Crippen MR) is 112 cm³/mol. The molecule has 0 amide bonds. The van der Waals surface area contributed by atoms with E-state index in [4.69, 9.17) is 0 Å². The lowest BCUT2D eigenvalue weighted by atomic mass is 9.98. The third-order valence-electron chi connectivity index (χ3n) is 4.61. The Kier molecular flexibility index (Phi) is 5.84. The molecule has 1 atom stereocenters. The van der Waals surface area contributed by atoms with Crippen LogP contribution in [0.15, 0.2) is 47.4 Å². The van der Waals surface area contributed by atoms with E-state index in [0.717, 1.165) is 5.71 Å². The molecule has 2 heterocycles. The number of nitrogens with zero attached hydrogens (tertiary/aromatic N) is 3. The molecule has 1 unspecified atom stereocenters. The number of allylic oxidation sites excluding steroid dienone is 6. The van der Waals surface area contributed by atoms with E-state index in [1.54, 1.807) is 18.3 Å². The summed E-state index contributed by atoms with van der Waals surface area (Å²) in [5.74, 6) is -0.696. The molecule has 1 aliphatic carbocycles. The Morgan fingerprint density at radius 2 is 2.04 bits per heavy atom. The molecule has 0 aromatic carbocycles. The minimum Gasteiger partial charge on any atom is -0.343 e. The lowest BCUT2D eigenvalue weighted by Gasteiger charge is -2.34. The SMILES string of the molecule is CCC1C=CC=CC(c2cnc(N3CC(=NCC(C)(C)S)C3)c(F)c2)=C1F. The number of thiol groups is 1. The van der Waals surface area contributed by atoms with Crippen molar-refractivity contribution in [3.8, 4) is 0 Å². The van der Waals surface area contributed by atoms with Gasteiger partial charge in [-0.2, -0.15) is 12.6 Å². The number of rotatable bonds is 5. The molecule has 144 valence electrons. The molecule has 6 heteroatoms. The molecule has 27 heavy (non-hydrogen) atoms. The summed E-state index contributed by atoms with van der Waals surface area (Å²) >= 11 is 4.45. The van der Waals surface area contributed by atoms with Crippen molar-refractivity contribution in [2.24, 2.45) is 10.9 Å². The van der Waals surface area contributed by atoms with Crippen molar-refractivity contribution in [1.82, 2.24) is 4.98 Å². The van der Waals surface area contributed by atoms with Crippen molar-refractivity contribution < 1.29 is 8.78 Å². The molecule has 1 aromatic rings. The predicted octanol–water partition coefficient (Wildman–Crippen LogP) is 5.02. The summed E-state index contributed by atoms with van der Waals surface area (Å²) in [6.45, 7) is 7.69. The van der Waals surface area contributed by atoms with Gasteiger partial charge in [0.1, 0.15) is 5.83 Å². The van der Waals surface area contributed by atoms with Crippen LogP contribution in [0.25, 0.3) is 5.57 Å². The number of pyridine rings is 1. The van der Waals surface area contributed by atoms with Crippen LogP contribution in [0.5, 0.6) is 0 Å². The van der Waals surface area contributed by atoms with Gasteiger partial charge in [0.05, 0.1) is 25.3 Å². The molecular weight excluding hydrogens is 364 g/mol. The molecule has 0 saturated carbocycles. The van der Waals surface area contributed by atoms with Crippen molar-refractivity contribution in [3.63, 3.8) is 0 Å². The molecule has 1 aromatic heterocycles. The molecule has 0 spiro atoms. The van der Waals surface area contributed by atoms with E-state index in [0.29, 0.717) is 37.2 Å². The average molecular weight is 390 g/mol. The molecule has 1 saturated heterocycles. The van der Waals surface area contributed by atoms with Crippen LogP contribution in [-0.4, -0.2) is 35.1 Å². The number of hydrogen-bond donors (Lipinski definition) is 1. The van der Waals surface area contributed by atoms with E-state index in [2.05, 4.69) is 22.6 Å². The van der Waals surface area contributed by atoms with Crippen LogP contribution < -0.4 is 4.90 Å². The topological polar surface area (TPSA) is 28.5 Å². The smallest absolute Gasteiger partial charge is 0.166 e. The second-order valence-corrected chi connectivity index (χ2v) is 8.81. The van der Waals surface area contributed by atoms with Crippen molar-refractivity contribution in [2.45, 2.75) is 31.9 Å². The van der Waals surface area contributed by atoms with Crippen LogP contribution >= 0.6 is 12.6 Å². The van der Waals surface area contributed by atoms with Crippen molar-refractivity contribution in [2.75, 3.05) is 24.5 Å². The maximum absolute atomic E-state index is 14.8. The minimum absolute atomic E-state index is 0.159. The number of anilines is 1. The summed E-state index contributed by atoms with van der Waals surface area (Å²) in [5.41, 5.74) is 1.87. The quantitative estimate of drug-likeness (QED) is 0.716. The monoisotopic (exact) mass is 389 g/mol. The van der Waals surface area contributed by atoms with E-state index in [-0.39, 0.29) is 22.3 Å². The first kappa shape index (κ1) is 19.8. The third-order valence-corrected chi connectivity index (χ3v) is 4.75. The van der Waals surface area contributed by atoms with Gasteiger partial charge in [0.2, 0.25) is 0 Å². The Labute approximate surface area is 165 Å². The number of aromatic nitrogens is 1. The fourth-order valence-corrected chi connectivity index (χ4v) is 3.09. The van der Waals surface area contributed by atoms with Crippen LogP contribution in [0.2, 0.25) is 0 Å². The lowest BCUT2D eigenvalue weighted by molar-refractivity contribution is 0.520. The van der Waals surface area contributed by atoms with E-state index < -0.39 is 5.82 Å². The van der Waals surface area contributed by atoms with Crippen molar-refractivity contribution in [3.05, 3.63) is 53.8 Å². The van der Waals surface area contributed by atoms with Gasteiger partial charge in [-0.25, -0.2) is 13.8 Å². The fraction of sp³-hybridized carbons (Fsp3) is 0.429. The molecular formula is C21H25F2N3S. The summed E-state index contributed by atoms with van der Waals surface area (Å²) in [4.78, 5) is 10.6. The Morgan fingerprint density at radius 3 is 2.67 bits per heavy atom. The van der Waals surface area contributed by atoms with E-state index in [1.807, 2.05) is 37.8 Å². The Morgan fingerprint density at radius 1 is 1.30 bits per heavy atom. The van der Waals surface area contributed by atoms with Crippen LogP contribution in [0.4, 0.5) is 14.6 Å². The van der Waals surface area contributed by atoms with Crippen LogP contribution in [-0.2, 0) is 0 Å². The van der Waals surface area contributed by atoms with Gasteiger partial charge in [-0.15, -0.1) is 0 Å². The Hall–Kier alpha value is -1.95. The zero-order valence-corrected chi connectivity index (χ0v) is 16.8. The van der Waals surface area contributed by atoms with Crippen molar-refractivity contribution >= 4 is 29.7 Å². The second kappa shape index (κ2) is 7.97. The van der Waals surface area contributed by atoms with Gasteiger partial charge in [0, 0.05) is 28.0 Å². The van der Waals surface area contributed by atoms with Gasteiger partial charge in [-0.05, 0) is 26.3 Å². The summed E-state index contributed by atoms with van der Waals surface area (Å²) < 4.78 is 29.2. The maximum Gasteiger partial charge on any atom is 0.166 e. The van der Waals surface area contributed by atoms with E-state index in [1.165, 1.54) is 6.07 Å². The summed E-state index contributed by atoms with van der Waals surface area (Å²) in [5, 5.41) is 0. The van der Waals surface area contributed by atoms with Gasteiger partial charge in [-0.3, -0.25) is 4.99 Å². The standard InChI is InChI=1S/C21H25F2N3S/c1-4-14-7-5-6-8-17(19(14)23)15-9-18(22)20(24-10-15)26-11-16(12-26)25-13-21(2,3)27/h5-10,14,27H,4,11-13H2,1-3H3. The molecule has 0 N–H and O–H groups in total. The molecule has 1 fully saturated rings. The van der Waals surface area contributed by atoms with Crippen LogP contribution in [0.3, 0.4) is 0 Å². The second-order valence-electron chi connectivity index (χ2n) is 7.60. The number of aliphatic imine (C=N–C) groups is 1. The van der Waals surface area contributed by atoms with Gasteiger partial charge < -0.3 is 4.90 Å². The van der Waals surface area contributed by atoms with Gasteiger partial charge >= 0.3 is 0 Å². The molecule has 2 aliphatic rings. The first-order valence-corrected chi connectivity index (χ1v) is 9.63. The molecule has 3 nitrogen and oxygen atoms in total. The highest BCUT2D eigenvalue weighted by Crippen LogP contribution is 2.32. The summed E-state index contributed by atoms with van der Waals surface area (Å²) in [7, 11) is 0. The third kappa shape index (κ3) is 4.67. The number of hydrogen-bond acceptors (Lipinski definition) is 4. The normalized spacial score (nSPS) is 20.0. The maximum atomic E-state index is 14.8. The largest absolute Gasteiger partial charge is 0.343 e. The van der Waals surface area contributed by atoms with Crippen LogP contribution in [0.1, 0.15) is 32.8 Å². The Balaban J connectivity index is 1.76. The zero-order chi connectivity index (χ0) is 19.6. The highest BCUT2D eigenvalue weighted by molar-refractivity contribution is 7.81. The van der Waals surface area contributed by atoms with Gasteiger partial charge in [0.15, 0.2) is 11.6 Å². The lowest BCUT2D eigenvalue weighted by Crippen LogP contribution is -2.48. The van der Waals surface area contributed by atoms with E-state index >= 15 is 0 Å². The molecule has 3 rings (SSSR count). The highest BCUT2D eigenvalue weighted by atomic mass is 32.1. The fourth-order valence-electron chi connectivity index (χ4n) is 3.02. The average Bonchev–Trinajstić information content (AvgIpc) is 2.75. The number of halogens is 2. The minimum atomic E-state index is -0.444. The summed E-state index contributed by atoms with van der Waals surface area (Å²) in [6.07, 6.45) is 9.29. The van der Waals surface area contributed by atoms with E-state index in [9.17, 15) is 8.78 Å². The first-order chi connectivity index (χ1) is 12.8. The molecule has 1 aliphatic heterocycles. The summed E-state index contributed by atoms with van der Waals surface area (Å²) in [6, 6.07) is 1.37. The zero-order valence-electron chi connectivity index (χ0n) is 15.9. The Bertz CT molecular complexity index is 826. The van der Waals surface area contributed by atoms with Gasteiger partial charge in [-0.1, -0.05) is 31.2 Å². The first-order valence-electron chi connectivity index (χ1n) is 9.18.